The van der Waals surface area contributed by atoms with Crippen molar-refractivity contribution in [1.82, 2.24) is 0 Å². The molecule has 0 fully saturated rings. The summed E-state index contributed by atoms with van der Waals surface area (Å²) in [7, 11) is 0. The molecule has 0 aliphatic carbocycles. The Kier molecular flexibility index (Phi) is 6.53. The number of unbranched alkanes of at least 4 members (excludes halogenated alkanes) is 2. The number of hydrogen-bond donors (Lipinski definition) is 0. The lowest BCUT2D eigenvalue weighted by Crippen LogP contribution is -1.93. The van der Waals surface area contributed by atoms with Gasteiger partial charge in [-0.2, -0.15) is 0 Å². The zero-order chi connectivity index (χ0) is 14.9. The summed E-state index contributed by atoms with van der Waals surface area (Å²) in [4.78, 5) is 0. The second-order valence-corrected chi connectivity index (χ2v) is 6.02. The van der Waals surface area contributed by atoms with Gasteiger partial charge in [0, 0.05) is 0 Å². The van der Waals surface area contributed by atoms with Crippen LogP contribution in [0.3, 0.4) is 0 Å². The highest BCUT2D eigenvalue weighted by atomic mass is 14.1. The van der Waals surface area contributed by atoms with Gasteiger partial charge in [0.25, 0.3) is 0 Å². The first-order valence-electron chi connectivity index (χ1n) is 8.47. The average molecular weight is 280 g/mol. The molecule has 0 unspecified atom stereocenters. The van der Waals surface area contributed by atoms with Crippen LogP contribution in [0.25, 0.3) is 0 Å². The van der Waals surface area contributed by atoms with Crippen LogP contribution in [0.2, 0.25) is 0 Å². The quantitative estimate of drug-likeness (QED) is 0.559. The van der Waals surface area contributed by atoms with E-state index in [1.54, 1.807) is 0 Å². The Morgan fingerprint density at radius 3 is 1.48 bits per heavy atom. The third-order valence-corrected chi connectivity index (χ3v) is 4.03. The number of aryl methyl sites for hydroxylation is 2. The van der Waals surface area contributed by atoms with Gasteiger partial charge >= 0.3 is 0 Å². The summed E-state index contributed by atoms with van der Waals surface area (Å²) >= 11 is 0. The van der Waals surface area contributed by atoms with Crippen LogP contribution in [0.4, 0.5) is 0 Å². The van der Waals surface area contributed by atoms with E-state index in [4.69, 9.17) is 0 Å². The fraction of sp³-hybridized carbons (Fsp3) is 0.429. The average Bonchev–Trinajstić information content (AvgIpc) is 2.52. The molecule has 0 heteroatoms. The van der Waals surface area contributed by atoms with Crippen LogP contribution in [-0.2, 0) is 19.3 Å². The maximum atomic E-state index is 2.38. The third-order valence-electron chi connectivity index (χ3n) is 4.03. The lowest BCUT2D eigenvalue weighted by molar-refractivity contribution is 0.793. The zero-order valence-corrected chi connectivity index (χ0v) is 13.6. The molecule has 0 saturated heterocycles. The Balaban J connectivity index is 2.03. The smallest absolute Gasteiger partial charge is 0.00256 e. The largest absolute Gasteiger partial charge is 0.0654 e. The molecule has 0 heterocycles. The molecular weight excluding hydrogens is 252 g/mol. The van der Waals surface area contributed by atoms with Gasteiger partial charge in [-0.25, -0.2) is 0 Å². The van der Waals surface area contributed by atoms with Gasteiger partial charge in [-0.05, 0) is 54.4 Å². The van der Waals surface area contributed by atoms with Crippen molar-refractivity contribution >= 4 is 0 Å². The number of benzene rings is 2. The van der Waals surface area contributed by atoms with Crippen molar-refractivity contribution in [2.24, 2.45) is 0 Å². The molecule has 0 aliphatic heterocycles. The second-order valence-electron chi connectivity index (χ2n) is 6.02. The number of hydrogen-bond acceptors (Lipinski definition) is 0. The summed E-state index contributed by atoms with van der Waals surface area (Å²) in [5.74, 6) is 0. The molecule has 0 saturated carbocycles. The highest BCUT2D eigenvalue weighted by Gasteiger charge is 2.00. The van der Waals surface area contributed by atoms with Gasteiger partial charge in [0.2, 0.25) is 0 Å². The van der Waals surface area contributed by atoms with E-state index in [9.17, 15) is 0 Å². The summed E-state index contributed by atoms with van der Waals surface area (Å²) in [6.45, 7) is 4.51. The molecule has 0 spiro atoms. The molecule has 0 N–H and O–H groups in total. The molecule has 2 rings (SSSR count). The Bertz CT molecular complexity index is 490. The Hall–Kier alpha value is -1.56. The lowest BCUT2D eigenvalue weighted by Gasteiger charge is -2.07. The van der Waals surface area contributed by atoms with E-state index in [1.807, 2.05) is 0 Å². The van der Waals surface area contributed by atoms with Crippen molar-refractivity contribution in [3.8, 4) is 0 Å². The molecule has 0 aromatic heterocycles. The highest BCUT2D eigenvalue weighted by molar-refractivity contribution is 5.32. The fourth-order valence-electron chi connectivity index (χ4n) is 2.79. The first-order chi connectivity index (χ1) is 10.3. The maximum absolute atomic E-state index is 2.38. The lowest BCUT2D eigenvalue weighted by atomic mass is 9.98. The van der Waals surface area contributed by atoms with Gasteiger partial charge in [0.15, 0.2) is 0 Å². The fourth-order valence-corrected chi connectivity index (χ4v) is 2.79. The van der Waals surface area contributed by atoms with Crippen molar-refractivity contribution < 1.29 is 0 Å². The minimum atomic E-state index is 1.06. The molecule has 0 radical (unpaired) electrons. The molecule has 112 valence electrons. The van der Waals surface area contributed by atoms with E-state index in [1.165, 1.54) is 60.8 Å². The summed E-state index contributed by atoms with van der Waals surface area (Å²) < 4.78 is 0. The van der Waals surface area contributed by atoms with Crippen molar-refractivity contribution in [3.05, 3.63) is 70.8 Å². The molecule has 0 amide bonds. The zero-order valence-electron chi connectivity index (χ0n) is 13.6. The predicted octanol–water partition coefficient (Wildman–Crippen LogP) is 5.96. The summed E-state index contributed by atoms with van der Waals surface area (Å²) in [5.41, 5.74) is 5.85. The molecule has 0 atom stereocenters. The SMILES string of the molecule is CCCCc1cccc(Cc2cccc(CCCC)c2)c1. The van der Waals surface area contributed by atoms with Crippen molar-refractivity contribution in [2.45, 2.75) is 58.8 Å². The van der Waals surface area contributed by atoms with Crippen molar-refractivity contribution in [2.75, 3.05) is 0 Å². The van der Waals surface area contributed by atoms with E-state index in [0.29, 0.717) is 0 Å². The van der Waals surface area contributed by atoms with Crippen molar-refractivity contribution in [3.63, 3.8) is 0 Å². The van der Waals surface area contributed by atoms with Crippen LogP contribution in [0.1, 0.15) is 61.8 Å². The summed E-state index contributed by atoms with van der Waals surface area (Å²) in [6, 6.07) is 18.2. The molecular formula is C21H28. The van der Waals surface area contributed by atoms with Crippen LogP contribution in [0.5, 0.6) is 0 Å². The normalized spacial score (nSPS) is 10.8. The van der Waals surface area contributed by atoms with Crippen LogP contribution >= 0.6 is 0 Å². The van der Waals surface area contributed by atoms with Crippen LogP contribution in [0.15, 0.2) is 48.5 Å². The second kappa shape index (κ2) is 8.67. The Morgan fingerprint density at radius 1 is 0.619 bits per heavy atom. The summed E-state index contributed by atoms with van der Waals surface area (Å²) in [6.07, 6.45) is 8.58. The van der Waals surface area contributed by atoms with Gasteiger partial charge in [-0.15, -0.1) is 0 Å². The molecule has 0 bridgehead atoms. The van der Waals surface area contributed by atoms with Crippen LogP contribution in [-0.4, -0.2) is 0 Å². The number of rotatable bonds is 8. The highest BCUT2D eigenvalue weighted by Crippen LogP contribution is 2.15. The first-order valence-corrected chi connectivity index (χ1v) is 8.47. The minimum Gasteiger partial charge on any atom is -0.0654 e. The van der Waals surface area contributed by atoms with Crippen molar-refractivity contribution in [1.29, 1.82) is 0 Å². The van der Waals surface area contributed by atoms with Gasteiger partial charge in [-0.3, -0.25) is 0 Å². The monoisotopic (exact) mass is 280 g/mol. The van der Waals surface area contributed by atoms with Gasteiger partial charge in [0.05, 0.1) is 0 Å². The topological polar surface area (TPSA) is 0 Å². The van der Waals surface area contributed by atoms with E-state index >= 15 is 0 Å². The van der Waals surface area contributed by atoms with E-state index in [0.717, 1.165) is 6.42 Å². The summed E-state index contributed by atoms with van der Waals surface area (Å²) in [5, 5.41) is 0. The Morgan fingerprint density at radius 2 is 1.05 bits per heavy atom. The van der Waals surface area contributed by atoms with Crippen LogP contribution in [0, 0.1) is 0 Å². The van der Waals surface area contributed by atoms with E-state index < -0.39 is 0 Å². The van der Waals surface area contributed by atoms with Crippen LogP contribution < -0.4 is 0 Å². The third kappa shape index (κ3) is 5.38. The Labute approximate surface area is 130 Å². The predicted molar refractivity (Wildman–Crippen MR) is 92.9 cm³/mol. The first kappa shape index (κ1) is 15.8. The molecule has 0 nitrogen and oxygen atoms in total. The standard InChI is InChI=1S/C21H28/c1-3-5-9-18-11-7-13-20(15-18)17-21-14-8-12-19(16-21)10-6-4-2/h7-8,11-16H,3-6,9-10,17H2,1-2H3. The van der Waals surface area contributed by atoms with E-state index in [-0.39, 0.29) is 0 Å². The van der Waals surface area contributed by atoms with E-state index in [2.05, 4.69) is 62.4 Å². The molecule has 2 aromatic carbocycles. The molecule has 0 aliphatic rings. The minimum absolute atomic E-state index is 1.06. The maximum Gasteiger partial charge on any atom is -0.00256 e. The molecule has 21 heavy (non-hydrogen) atoms. The van der Waals surface area contributed by atoms with Gasteiger partial charge < -0.3 is 0 Å². The van der Waals surface area contributed by atoms with Gasteiger partial charge in [0.1, 0.15) is 0 Å². The van der Waals surface area contributed by atoms with Gasteiger partial charge in [-0.1, -0.05) is 75.2 Å². The molecule has 2 aromatic rings.